The van der Waals surface area contributed by atoms with Gasteiger partial charge in [0.05, 0.1) is 6.61 Å². The fraction of sp³-hybridized carbons (Fsp3) is 0.769. The lowest BCUT2D eigenvalue weighted by Crippen LogP contribution is -2.48. The van der Waals surface area contributed by atoms with E-state index in [-0.39, 0.29) is 24.9 Å². The molecule has 0 aliphatic carbocycles. The lowest BCUT2D eigenvalue weighted by atomic mass is 10.2. The van der Waals surface area contributed by atoms with Crippen molar-refractivity contribution in [1.82, 2.24) is 4.90 Å². The second-order valence-corrected chi connectivity index (χ2v) is 5.56. The van der Waals surface area contributed by atoms with Gasteiger partial charge in [-0.15, -0.1) is 0 Å². The number of ketones is 1. The van der Waals surface area contributed by atoms with E-state index >= 15 is 0 Å². The van der Waals surface area contributed by atoms with Crippen LogP contribution in [0, 0.1) is 0 Å². The maximum absolute atomic E-state index is 12.1. The molecule has 0 bridgehead atoms. The van der Waals surface area contributed by atoms with E-state index in [9.17, 15) is 14.4 Å². The minimum absolute atomic E-state index is 0.142. The number of carbonyl (C=O) groups excluding carboxylic acids is 3. The lowest BCUT2D eigenvalue weighted by molar-refractivity contribution is -0.151. The SMILES string of the molecule is CCOC(=O)C1C(=O)CC(C)N1C(=O)OC(C)(C)C. The Hall–Kier alpha value is -1.59. The van der Waals surface area contributed by atoms with Crippen LogP contribution in [0.5, 0.6) is 0 Å². The summed E-state index contributed by atoms with van der Waals surface area (Å²) in [4.78, 5) is 36.9. The van der Waals surface area contributed by atoms with Gasteiger partial charge in [-0.25, -0.2) is 9.59 Å². The molecule has 0 aromatic rings. The second-order valence-electron chi connectivity index (χ2n) is 5.56. The van der Waals surface area contributed by atoms with E-state index < -0.39 is 23.7 Å². The van der Waals surface area contributed by atoms with E-state index in [1.807, 2.05) is 0 Å². The first-order chi connectivity index (χ1) is 8.67. The molecule has 2 unspecified atom stereocenters. The normalized spacial score (nSPS) is 23.4. The molecule has 0 radical (unpaired) electrons. The highest BCUT2D eigenvalue weighted by atomic mass is 16.6. The van der Waals surface area contributed by atoms with E-state index in [1.165, 1.54) is 4.90 Å². The quantitative estimate of drug-likeness (QED) is 0.562. The van der Waals surface area contributed by atoms with Crippen LogP contribution in [0.25, 0.3) is 0 Å². The highest BCUT2D eigenvalue weighted by molar-refractivity contribution is 6.07. The average molecular weight is 271 g/mol. The Morgan fingerprint density at radius 2 is 1.95 bits per heavy atom. The van der Waals surface area contributed by atoms with Crippen LogP contribution in [0.1, 0.15) is 41.0 Å². The summed E-state index contributed by atoms with van der Waals surface area (Å²) in [7, 11) is 0. The Bertz CT molecular complexity index is 385. The van der Waals surface area contributed by atoms with Gasteiger partial charge < -0.3 is 9.47 Å². The highest BCUT2D eigenvalue weighted by Gasteiger charge is 2.47. The molecule has 0 N–H and O–H groups in total. The van der Waals surface area contributed by atoms with Gasteiger partial charge in [0.25, 0.3) is 0 Å². The smallest absolute Gasteiger partial charge is 0.411 e. The molecule has 1 saturated heterocycles. The Morgan fingerprint density at radius 3 is 2.42 bits per heavy atom. The Kier molecular flexibility index (Phi) is 4.55. The summed E-state index contributed by atoms with van der Waals surface area (Å²) in [5.41, 5.74) is -0.679. The summed E-state index contributed by atoms with van der Waals surface area (Å²) in [6.45, 7) is 8.71. The van der Waals surface area contributed by atoms with Gasteiger partial charge in [0, 0.05) is 12.5 Å². The van der Waals surface area contributed by atoms with Crippen molar-refractivity contribution in [3.63, 3.8) is 0 Å². The predicted octanol–water partition coefficient (Wildman–Crippen LogP) is 1.52. The molecule has 0 aromatic carbocycles. The summed E-state index contributed by atoms with van der Waals surface area (Å²) in [5, 5.41) is 0. The number of amides is 1. The molecular formula is C13H21NO5. The fourth-order valence-corrected chi connectivity index (χ4v) is 1.98. The minimum atomic E-state index is -1.18. The van der Waals surface area contributed by atoms with Gasteiger partial charge in [0.2, 0.25) is 0 Å². The Morgan fingerprint density at radius 1 is 1.37 bits per heavy atom. The lowest BCUT2D eigenvalue weighted by Gasteiger charge is -2.29. The molecular weight excluding hydrogens is 250 g/mol. The third-order valence-electron chi connectivity index (χ3n) is 2.67. The van der Waals surface area contributed by atoms with Crippen molar-refractivity contribution in [1.29, 1.82) is 0 Å². The molecule has 2 atom stereocenters. The zero-order valence-corrected chi connectivity index (χ0v) is 12.1. The van der Waals surface area contributed by atoms with Gasteiger partial charge in [-0.1, -0.05) is 0 Å². The molecule has 0 aromatic heterocycles. The van der Waals surface area contributed by atoms with E-state index in [1.54, 1.807) is 34.6 Å². The molecule has 6 nitrogen and oxygen atoms in total. The number of hydrogen-bond acceptors (Lipinski definition) is 5. The zero-order chi connectivity index (χ0) is 14.8. The van der Waals surface area contributed by atoms with Crippen LogP contribution in [-0.4, -0.2) is 47.0 Å². The maximum atomic E-state index is 12.1. The van der Waals surface area contributed by atoms with Crippen LogP contribution >= 0.6 is 0 Å². The average Bonchev–Trinajstić information content (AvgIpc) is 2.51. The molecule has 1 aliphatic rings. The fourth-order valence-electron chi connectivity index (χ4n) is 1.98. The molecule has 19 heavy (non-hydrogen) atoms. The molecule has 6 heteroatoms. The molecule has 1 heterocycles. The molecule has 1 aliphatic heterocycles. The standard InChI is InChI=1S/C13H21NO5/c1-6-18-11(16)10-9(15)7-8(2)14(10)12(17)19-13(3,4)5/h8,10H,6-7H2,1-5H3. The number of rotatable bonds is 2. The number of nitrogens with zero attached hydrogens (tertiary/aromatic N) is 1. The summed E-state index contributed by atoms with van der Waals surface area (Å²) >= 11 is 0. The van der Waals surface area contributed by atoms with Gasteiger partial charge in [-0.3, -0.25) is 9.69 Å². The van der Waals surface area contributed by atoms with Crippen molar-refractivity contribution >= 4 is 17.8 Å². The van der Waals surface area contributed by atoms with Crippen molar-refractivity contribution in [2.75, 3.05) is 6.61 Å². The first-order valence-corrected chi connectivity index (χ1v) is 6.38. The van der Waals surface area contributed by atoms with Crippen LogP contribution in [0.3, 0.4) is 0 Å². The topological polar surface area (TPSA) is 72.9 Å². The number of carbonyl (C=O) groups is 3. The van der Waals surface area contributed by atoms with Crippen molar-refractivity contribution in [2.45, 2.75) is 58.7 Å². The highest BCUT2D eigenvalue weighted by Crippen LogP contribution is 2.24. The van der Waals surface area contributed by atoms with E-state index in [0.717, 1.165) is 0 Å². The van der Waals surface area contributed by atoms with Gasteiger partial charge in [0.1, 0.15) is 5.60 Å². The van der Waals surface area contributed by atoms with E-state index in [2.05, 4.69) is 0 Å². The maximum Gasteiger partial charge on any atom is 0.411 e. The van der Waals surface area contributed by atoms with Crippen LogP contribution in [0.2, 0.25) is 0 Å². The Balaban J connectivity index is 2.91. The first-order valence-electron chi connectivity index (χ1n) is 6.38. The summed E-state index contributed by atoms with van der Waals surface area (Å²) < 4.78 is 10.1. The second kappa shape index (κ2) is 5.59. The van der Waals surface area contributed by atoms with Gasteiger partial charge >= 0.3 is 12.1 Å². The molecule has 0 saturated carbocycles. The molecule has 1 fully saturated rings. The number of ether oxygens (including phenoxy) is 2. The largest absolute Gasteiger partial charge is 0.464 e. The number of Topliss-reactive ketones (excluding diaryl/α,β-unsaturated/α-hetero) is 1. The number of likely N-dealkylation sites (tertiary alicyclic amines) is 1. The van der Waals surface area contributed by atoms with Crippen LogP contribution in [-0.2, 0) is 19.1 Å². The molecule has 1 amide bonds. The van der Waals surface area contributed by atoms with Crippen LogP contribution in [0.4, 0.5) is 4.79 Å². The van der Waals surface area contributed by atoms with Crippen LogP contribution < -0.4 is 0 Å². The Labute approximate surface area is 113 Å². The third kappa shape index (κ3) is 3.68. The zero-order valence-electron chi connectivity index (χ0n) is 12.1. The van der Waals surface area contributed by atoms with E-state index in [4.69, 9.17) is 9.47 Å². The van der Waals surface area contributed by atoms with Crippen molar-refractivity contribution < 1.29 is 23.9 Å². The van der Waals surface area contributed by atoms with Crippen molar-refractivity contribution in [3.05, 3.63) is 0 Å². The summed E-state index contributed by atoms with van der Waals surface area (Å²) in [5.74, 6) is -1.00. The predicted molar refractivity (Wildman–Crippen MR) is 67.6 cm³/mol. The number of hydrogen-bond donors (Lipinski definition) is 0. The first kappa shape index (κ1) is 15.5. The van der Waals surface area contributed by atoms with Crippen molar-refractivity contribution in [3.8, 4) is 0 Å². The third-order valence-corrected chi connectivity index (χ3v) is 2.67. The monoisotopic (exact) mass is 271 g/mol. The minimum Gasteiger partial charge on any atom is -0.464 e. The van der Waals surface area contributed by atoms with Gasteiger partial charge in [0.15, 0.2) is 11.8 Å². The molecule has 108 valence electrons. The molecule has 0 spiro atoms. The van der Waals surface area contributed by atoms with Gasteiger partial charge in [-0.2, -0.15) is 0 Å². The summed E-state index contributed by atoms with van der Waals surface area (Å²) in [6, 6.07) is -1.54. The van der Waals surface area contributed by atoms with Gasteiger partial charge in [-0.05, 0) is 34.6 Å². The number of esters is 1. The van der Waals surface area contributed by atoms with E-state index in [0.29, 0.717) is 0 Å². The molecule has 1 rings (SSSR count). The summed E-state index contributed by atoms with van der Waals surface area (Å²) in [6.07, 6.45) is -0.521. The van der Waals surface area contributed by atoms with Crippen molar-refractivity contribution in [2.24, 2.45) is 0 Å². The van der Waals surface area contributed by atoms with Crippen LogP contribution in [0.15, 0.2) is 0 Å².